The highest BCUT2D eigenvalue weighted by Crippen LogP contribution is 2.08. The van der Waals surface area contributed by atoms with Gasteiger partial charge in [-0.3, -0.25) is 0 Å². The maximum atomic E-state index is 4.40. The maximum absolute atomic E-state index is 4.40. The first-order chi connectivity index (χ1) is 6.89. The summed E-state index contributed by atoms with van der Waals surface area (Å²) in [6.45, 7) is 11.6. The van der Waals surface area contributed by atoms with Gasteiger partial charge < -0.3 is 16.0 Å². The molecule has 0 aliphatic rings. The second-order valence-corrected chi connectivity index (χ2v) is 5.33. The zero-order valence-electron chi connectivity index (χ0n) is 10.8. The van der Waals surface area contributed by atoms with Crippen LogP contribution in [0.25, 0.3) is 0 Å². The van der Waals surface area contributed by atoms with Crippen LogP contribution < -0.4 is 16.0 Å². The summed E-state index contributed by atoms with van der Waals surface area (Å²) in [4.78, 5) is 0. The Bertz CT molecular complexity index is 173. The predicted molar refractivity (Wildman–Crippen MR) is 71.9 cm³/mol. The average molecular weight is 233 g/mol. The van der Waals surface area contributed by atoms with Gasteiger partial charge in [-0.05, 0) is 34.4 Å². The Morgan fingerprint density at radius 1 is 1.07 bits per heavy atom. The van der Waals surface area contributed by atoms with Gasteiger partial charge >= 0.3 is 0 Å². The van der Waals surface area contributed by atoms with Crippen LogP contribution in [0.2, 0.25) is 0 Å². The molecule has 0 aromatic heterocycles. The second kappa shape index (κ2) is 6.74. The Morgan fingerprint density at radius 2 is 1.67 bits per heavy atom. The lowest BCUT2D eigenvalue weighted by Crippen LogP contribution is -2.58. The van der Waals surface area contributed by atoms with E-state index in [-0.39, 0.29) is 11.1 Å². The molecule has 0 saturated carbocycles. The first-order valence-electron chi connectivity index (χ1n) is 5.64. The Kier molecular flexibility index (Phi) is 6.84. The Labute approximate surface area is 100 Å². The summed E-state index contributed by atoms with van der Waals surface area (Å²) in [6.07, 6.45) is 0. The lowest BCUT2D eigenvalue weighted by atomic mass is 10.0. The molecule has 4 heteroatoms. The Hall–Kier alpha value is 0.230. The van der Waals surface area contributed by atoms with Crippen LogP contribution in [-0.2, 0) is 0 Å². The van der Waals surface area contributed by atoms with Crippen molar-refractivity contribution in [3.8, 4) is 0 Å². The molecule has 0 amide bonds. The molecule has 0 aromatic carbocycles. The molecule has 1 atom stereocenters. The van der Waals surface area contributed by atoms with E-state index in [9.17, 15) is 0 Å². The highest BCUT2D eigenvalue weighted by atomic mass is 32.1. The number of hydrogen-bond acceptors (Lipinski definition) is 4. The molecule has 0 aromatic rings. The van der Waals surface area contributed by atoms with E-state index in [2.05, 4.69) is 56.3 Å². The Morgan fingerprint density at radius 3 is 2.07 bits per heavy atom. The topological polar surface area (TPSA) is 36.1 Å². The van der Waals surface area contributed by atoms with Crippen molar-refractivity contribution in [2.45, 2.75) is 38.8 Å². The summed E-state index contributed by atoms with van der Waals surface area (Å²) < 4.78 is 0. The minimum Gasteiger partial charge on any atom is -0.318 e. The van der Waals surface area contributed by atoms with Gasteiger partial charge in [-0.1, -0.05) is 6.92 Å². The summed E-state index contributed by atoms with van der Waals surface area (Å²) >= 11 is 4.40. The molecule has 92 valence electrons. The van der Waals surface area contributed by atoms with Crippen molar-refractivity contribution in [2.75, 3.05) is 32.4 Å². The molecule has 0 heterocycles. The van der Waals surface area contributed by atoms with Crippen molar-refractivity contribution in [3.05, 3.63) is 0 Å². The fraction of sp³-hybridized carbons (Fsp3) is 1.00. The largest absolute Gasteiger partial charge is 0.318 e. The van der Waals surface area contributed by atoms with Gasteiger partial charge in [0, 0.05) is 29.9 Å². The standard InChI is InChI=1S/C11H27N3S/c1-6-13-11(4,9-15)8-14-10(2,3)7-12-5/h12-15H,6-9H2,1-5H3/t11-/m0/s1. The van der Waals surface area contributed by atoms with Gasteiger partial charge in [0.25, 0.3) is 0 Å². The summed E-state index contributed by atoms with van der Waals surface area (Å²) in [7, 11) is 1.98. The van der Waals surface area contributed by atoms with Gasteiger partial charge in [0.2, 0.25) is 0 Å². The first-order valence-corrected chi connectivity index (χ1v) is 6.28. The van der Waals surface area contributed by atoms with Crippen molar-refractivity contribution in [2.24, 2.45) is 0 Å². The third-order valence-electron chi connectivity index (χ3n) is 2.53. The molecule has 0 unspecified atom stereocenters. The summed E-state index contributed by atoms with van der Waals surface area (Å²) in [5.41, 5.74) is 0.192. The van der Waals surface area contributed by atoms with Crippen LogP contribution in [0, 0.1) is 0 Å². The van der Waals surface area contributed by atoms with Crippen LogP contribution in [0.3, 0.4) is 0 Å². The van der Waals surface area contributed by atoms with E-state index >= 15 is 0 Å². The van der Waals surface area contributed by atoms with Crippen molar-refractivity contribution >= 4 is 12.6 Å². The van der Waals surface area contributed by atoms with Crippen LogP contribution >= 0.6 is 12.6 Å². The molecular formula is C11H27N3S. The molecule has 15 heavy (non-hydrogen) atoms. The molecule has 0 rings (SSSR count). The summed E-state index contributed by atoms with van der Waals surface area (Å²) in [5.74, 6) is 0.837. The highest BCUT2D eigenvalue weighted by molar-refractivity contribution is 7.80. The molecular weight excluding hydrogens is 206 g/mol. The minimum absolute atomic E-state index is 0.0723. The van der Waals surface area contributed by atoms with Crippen molar-refractivity contribution in [3.63, 3.8) is 0 Å². The number of nitrogens with one attached hydrogen (secondary N) is 3. The first kappa shape index (κ1) is 15.2. The lowest BCUT2D eigenvalue weighted by molar-refractivity contribution is 0.304. The monoisotopic (exact) mass is 233 g/mol. The number of rotatable bonds is 8. The molecule has 3 nitrogen and oxygen atoms in total. The van der Waals surface area contributed by atoms with Gasteiger partial charge in [-0.15, -0.1) is 0 Å². The van der Waals surface area contributed by atoms with Gasteiger partial charge in [-0.2, -0.15) is 12.6 Å². The van der Waals surface area contributed by atoms with E-state index in [0.717, 1.165) is 25.4 Å². The van der Waals surface area contributed by atoms with E-state index in [1.807, 2.05) is 7.05 Å². The van der Waals surface area contributed by atoms with E-state index in [4.69, 9.17) is 0 Å². The van der Waals surface area contributed by atoms with Gasteiger partial charge in [-0.25, -0.2) is 0 Å². The van der Waals surface area contributed by atoms with Gasteiger partial charge in [0.05, 0.1) is 0 Å². The van der Waals surface area contributed by atoms with E-state index in [0.29, 0.717) is 0 Å². The third-order valence-corrected chi connectivity index (χ3v) is 3.23. The smallest absolute Gasteiger partial charge is 0.0366 e. The number of hydrogen-bond donors (Lipinski definition) is 4. The zero-order chi connectivity index (χ0) is 11.9. The Balaban J connectivity index is 4.09. The SMILES string of the molecule is CCN[C@](C)(CS)CNC(C)(C)CNC. The van der Waals surface area contributed by atoms with Crippen LogP contribution in [-0.4, -0.2) is 43.5 Å². The van der Waals surface area contributed by atoms with E-state index in [1.165, 1.54) is 0 Å². The third kappa shape index (κ3) is 6.40. The molecule has 0 spiro atoms. The van der Waals surface area contributed by atoms with Crippen LogP contribution in [0.5, 0.6) is 0 Å². The number of likely N-dealkylation sites (N-methyl/N-ethyl adjacent to an activating group) is 2. The van der Waals surface area contributed by atoms with E-state index in [1.54, 1.807) is 0 Å². The van der Waals surface area contributed by atoms with Gasteiger partial charge in [0.15, 0.2) is 0 Å². The van der Waals surface area contributed by atoms with Crippen LogP contribution in [0.1, 0.15) is 27.7 Å². The fourth-order valence-electron chi connectivity index (χ4n) is 1.54. The molecule has 0 aliphatic heterocycles. The highest BCUT2D eigenvalue weighted by Gasteiger charge is 2.24. The van der Waals surface area contributed by atoms with Crippen molar-refractivity contribution < 1.29 is 0 Å². The van der Waals surface area contributed by atoms with Crippen LogP contribution in [0.4, 0.5) is 0 Å². The normalized spacial score (nSPS) is 16.4. The average Bonchev–Trinajstić information content (AvgIpc) is 2.16. The zero-order valence-corrected chi connectivity index (χ0v) is 11.7. The molecule has 0 radical (unpaired) electrons. The van der Waals surface area contributed by atoms with Crippen molar-refractivity contribution in [1.29, 1.82) is 0 Å². The summed E-state index contributed by atoms with van der Waals surface area (Å²) in [6, 6.07) is 0. The second-order valence-electron chi connectivity index (χ2n) is 5.02. The minimum atomic E-state index is 0.0723. The molecule has 0 aliphatic carbocycles. The maximum Gasteiger partial charge on any atom is 0.0366 e. The van der Waals surface area contributed by atoms with E-state index < -0.39 is 0 Å². The molecule has 3 N–H and O–H groups in total. The quantitative estimate of drug-likeness (QED) is 0.470. The lowest BCUT2D eigenvalue weighted by Gasteiger charge is -2.35. The number of thiol groups is 1. The molecule has 0 bridgehead atoms. The van der Waals surface area contributed by atoms with Crippen molar-refractivity contribution in [1.82, 2.24) is 16.0 Å². The fourth-order valence-corrected chi connectivity index (χ4v) is 1.76. The molecule has 0 fully saturated rings. The summed E-state index contributed by atoms with van der Waals surface area (Å²) in [5, 5.41) is 10.2. The van der Waals surface area contributed by atoms with Gasteiger partial charge in [0.1, 0.15) is 0 Å². The van der Waals surface area contributed by atoms with Crippen LogP contribution in [0.15, 0.2) is 0 Å². The predicted octanol–water partition coefficient (Wildman–Crippen LogP) is 0.872. The molecule has 0 saturated heterocycles.